The summed E-state index contributed by atoms with van der Waals surface area (Å²) >= 11 is 0. The average Bonchev–Trinajstić information content (AvgIpc) is 1.59. The van der Waals surface area contributed by atoms with Gasteiger partial charge in [0.1, 0.15) is 0 Å². The van der Waals surface area contributed by atoms with Crippen LogP contribution >= 0.6 is 0 Å². The number of likely N-dealkylation sites (N-methyl/N-ethyl adjacent to an activating group) is 1. The van der Waals surface area contributed by atoms with E-state index >= 15 is 0 Å². The van der Waals surface area contributed by atoms with E-state index in [1.165, 1.54) is 0 Å². The maximum atomic E-state index is 9.93. The summed E-state index contributed by atoms with van der Waals surface area (Å²) in [6, 6.07) is 0. The molecular formula is C4H11N2NaO3S. The van der Waals surface area contributed by atoms with Crippen LogP contribution in [0.2, 0.25) is 0 Å². The minimum Gasteiger partial charge on any atom is -0.735 e. The Morgan fingerprint density at radius 1 is 1.45 bits per heavy atom. The molecule has 7 heteroatoms. The van der Waals surface area contributed by atoms with Gasteiger partial charge in [-0.05, 0) is 14.1 Å². The molecule has 0 bridgehead atoms. The van der Waals surface area contributed by atoms with Crippen LogP contribution in [0.15, 0.2) is 0 Å². The van der Waals surface area contributed by atoms with E-state index in [1.807, 2.05) is 4.72 Å². The summed E-state index contributed by atoms with van der Waals surface area (Å²) in [4.78, 5) is 1.78. The van der Waals surface area contributed by atoms with Crippen molar-refractivity contribution in [2.45, 2.75) is 0 Å². The van der Waals surface area contributed by atoms with Crippen molar-refractivity contribution in [3.63, 3.8) is 0 Å². The van der Waals surface area contributed by atoms with Gasteiger partial charge >= 0.3 is 29.6 Å². The summed E-state index contributed by atoms with van der Waals surface area (Å²) in [7, 11) is -0.665. The first-order chi connectivity index (χ1) is 4.42. The third kappa shape index (κ3) is 13.8. The summed E-state index contributed by atoms with van der Waals surface area (Å²) in [5.74, 6) is 0. The zero-order valence-electron chi connectivity index (χ0n) is 6.99. The molecule has 62 valence electrons. The van der Waals surface area contributed by atoms with Crippen LogP contribution < -0.4 is 34.3 Å². The standard InChI is InChI=1S/C4H12N2O3S.Na/c1-6(2)4-3-5-10(7,8)9;/h5H,3-4H2,1-2H3,(H,7,8,9);/q;+1/p-1. The molecule has 1 N–H and O–H groups in total. The summed E-state index contributed by atoms with van der Waals surface area (Å²) in [5.41, 5.74) is 0. The van der Waals surface area contributed by atoms with Crippen LogP contribution in [0.1, 0.15) is 0 Å². The topological polar surface area (TPSA) is 72.5 Å². The molecule has 0 fully saturated rings. The largest absolute Gasteiger partial charge is 1.00 e. The van der Waals surface area contributed by atoms with Gasteiger partial charge in [-0.25, -0.2) is 13.1 Å². The molecule has 0 aliphatic heterocycles. The Kier molecular flexibility index (Phi) is 8.30. The van der Waals surface area contributed by atoms with Gasteiger partial charge in [-0.15, -0.1) is 0 Å². The third-order valence-corrected chi connectivity index (χ3v) is 1.40. The normalized spacial score (nSPS) is 11.3. The second kappa shape index (κ2) is 6.36. The third-order valence-electron chi connectivity index (χ3n) is 0.838. The van der Waals surface area contributed by atoms with Gasteiger partial charge in [0.15, 0.2) is 10.3 Å². The van der Waals surface area contributed by atoms with Crippen molar-refractivity contribution in [1.82, 2.24) is 9.62 Å². The molecule has 0 rings (SSSR count). The smallest absolute Gasteiger partial charge is 0.735 e. The minimum atomic E-state index is -4.25. The minimum absolute atomic E-state index is 0. The van der Waals surface area contributed by atoms with Gasteiger partial charge < -0.3 is 9.45 Å². The van der Waals surface area contributed by atoms with Crippen LogP contribution in [0.4, 0.5) is 0 Å². The van der Waals surface area contributed by atoms with Gasteiger partial charge in [0, 0.05) is 13.1 Å². The predicted molar refractivity (Wildman–Crippen MR) is 36.3 cm³/mol. The average molecular weight is 190 g/mol. The van der Waals surface area contributed by atoms with E-state index in [9.17, 15) is 13.0 Å². The molecule has 0 radical (unpaired) electrons. The number of hydrogen-bond acceptors (Lipinski definition) is 4. The van der Waals surface area contributed by atoms with E-state index in [0.717, 1.165) is 0 Å². The summed E-state index contributed by atoms with van der Waals surface area (Å²) < 4.78 is 31.6. The fraction of sp³-hybridized carbons (Fsp3) is 1.00. The first-order valence-electron chi connectivity index (χ1n) is 2.77. The van der Waals surface area contributed by atoms with Gasteiger partial charge in [0.25, 0.3) is 0 Å². The zero-order valence-corrected chi connectivity index (χ0v) is 9.81. The van der Waals surface area contributed by atoms with Crippen molar-refractivity contribution in [2.75, 3.05) is 27.2 Å². The monoisotopic (exact) mass is 190 g/mol. The van der Waals surface area contributed by atoms with Gasteiger partial charge in [0.2, 0.25) is 0 Å². The summed E-state index contributed by atoms with van der Waals surface area (Å²) in [6.07, 6.45) is 0. The number of nitrogens with one attached hydrogen (secondary N) is 1. The molecule has 0 atom stereocenters. The van der Waals surface area contributed by atoms with E-state index in [0.29, 0.717) is 6.54 Å². The molecule has 0 aliphatic rings. The maximum Gasteiger partial charge on any atom is 1.00 e. The Hall–Kier alpha value is 0.830. The quantitative estimate of drug-likeness (QED) is 0.359. The molecule has 0 aromatic rings. The van der Waals surface area contributed by atoms with Crippen molar-refractivity contribution in [1.29, 1.82) is 0 Å². The maximum absolute atomic E-state index is 9.93. The SMILES string of the molecule is CN(C)CCNS(=O)(=O)[O-].[Na+]. The Balaban J connectivity index is 0. The van der Waals surface area contributed by atoms with E-state index in [4.69, 9.17) is 0 Å². The molecule has 0 saturated heterocycles. The molecule has 0 aromatic carbocycles. The van der Waals surface area contributed by atoms with Crippen LogP contribution in [0.25, 0.3) is 0 Å². The van der Waals surface area contributed by atoms with E-state index in [-0.39, 0.29) is 36.1 Å². The molecule has 0 aliphatic carbocycles. The first kappa shape index (κ1) is 14.4. The number of rotatable bonds is 4. The number of nitrogens with zero attached hydrogens (tertiary/aromatic N) is 1. The van der Waals surface area contributed by atoms with E-state index in [1.54, 1.807) is 19.0 Å². The molecule has 0 unspecified atom stereocenters. The second-order valence-corrected chi connectivity index (χ2v) is 3.35. The van der Waals surface area contributed by atoms with Crippen LogP contribution in [0.5, 0.6) is 0 Å². The zero-order chi connectivity index (χ0) is 8.20. The van der Waals surface area contributed by atoms with Crippen molar-refractivity contribution >= 4 is 10.3 Å². The van der Waals surface area contributed by atoms with Crippen molar-refractivity contribution < 1.29 is 42.5 Å². The fourth-order valence-electron chi connectivity index (χ4n) is 0.394. The fourth-order valence-corrected chi connectivity index (χ4v) is 0.736. The molecular weight excluding hydrogens is 179 g/mol. The predicted octanol–water partition coefficient (Wildman–Crippen LogP) is -4.40. The number of hydrogen-bond donors (Lipinski definition) is 1. The van der Waals surface area contributed by atoms with Crippen molar-refractivity contribution in [3.8, 4) is 0 Å². The van der Waals surface area contributed by atoms with Gasteiger partial charge in [-0.3, -0.25) is 0 Å². The molecule has 0 spiro atoms. The van der Waals surface area contributed by atoms with Gasteiger partial charge in [-0.2, -0.15) is 0 Å². The molecule has 11 heavy (non-hydrogen) atoms. The molecule has 0 saturated carbocycles. The Morgan fingerprint density at radius 3 is 2.18 bits per heavy atom. The van der Waals surface area contributed by atoms with Crippen LogP contribution in [0.3, 0.4) is 0 Å². The first-order valence-corrected chi connectivity index (χ1v) is 4.18. The van der Waals surface area contributed by atoms with Crippen molar-refractivity contribution in [2.24, 2.45) is 0 Å². The summed E-state index contributed by atoms with van der Waals surface area (Å²) in [6.45, 7) is 0.695. The van der Waals surface area contributed by atoms with Crippen molar-refractivity contribution in [3.05, 3.63) is 0 Å². The molecule has 0 aromatic heterocycles. The van der Waals surface area contributed by atoms with E-state index in [2.05, 4.69) is 0 Å². The van der Waals surface area contributed by atoms with E-state index < -0.39 is 10.3 Å². The van der Waals surface area contributed by atoms with Crippen LogP contribution in [0, 0.1) is 0 Å². The summed E-state index contributed by atoms with van der Waals surface area (Å²) in [5, 5.41) is 0. The van der Waals surface area contributed by atoms with Gasteiger partial charge in [-0.1, -0.05) is 0 Å². The molecule has 0 heterocycles. The van der Waals surface area contributed by atoms with Crippen LogP contribution in [-0.2, 0) is 10.3 Å². The Labute approximate surface area is 89.3 Å². The molecule has 0 amide bonds. The molecule has 5 nitrogen and oxygen atoms in total. The Bertz CT molecular complexity index is 180. The Morgan fingerprint density at radius 2 is 1.91 bits per heavy atom. The van der Waals surface area contributed by atoms with Crippen LogP contribution in [-0.4, -0.2) is 45.1 Å². The van der Waals surface area contributed by atoms with Gasteiger partial charge in [0.05, 0.1) is 0 Å². The second-order valence-electron chi connectivity index (χ2n) is 2.15.